The fraction of sp³-hybridized carbons (Fsp3) is 0.222. The van der Waals surface area contributed by atoms with Crippen LogP contribution >= 0.6 is 0 Å². The highest BCUT2D eigenvalue weighted by molar-refractivity contribution is 7.89. The SMILES string of the molecule is CNS(=O)(=O)c1ccc(C(C)=O)cc1.[HH]. The highest BCUT2D eigenvalue weighted by Crippen LogP contribution is 2.10. The summed E-state index contributed by atoms with van der Waals surface area (Å²) in [6, 6.07) is 5.80. The van der Waals surface area contributed by atoms with Gasteiger partial charge >= 0.3 is 0 Å². The van der Waals surface area contributed by atoms with Crippen LogP contribution in [0.2, 0.25) is 0 Å². The van der Waals surface area contributed by atoms with Crippen molar-refractivity contribution in [2.24, 2.45) is 0 Å². The lowest BCUT2D eigenvalue weighted by atomic mass is 10.2. The van der Waals surface area contributed by atoms with E-state index in [2.05, 4.69) is 4.72 Å². The smallest absolute Gasteiger partial charge is 0.240 e. The Kier molecular flexibility index (Phi) is 3.03. The van der Waals surface area contributed by atoms with Crippen molar-refractivity contribution in [2.45, 2.75) is 11.8 Å². The predicted molar refractivity (Wildman–Crippen MR) is 54.8 cm³/mol. The van der Waals surface area contributed by atoms with E-state index in [-0.39, 0.29) is 12.1 Å². The Morgan fingerprint density at radius 1 is 1.29 bits per heavy atom. The van der Waals surface area contributed by atoms with Crippen LogP contribution in [0.25, 0.3) is 0 Å². The predicted octanol–water partition coefficient (Wildman–Crippen LogP) is 1.04. The first-order chi connectivity index (χ1) is 6.47. The maximum atomic E-state index is 11.3. The van der Waals surface area contributed by atoms with Crippen LogP contribution in [0.1, 0.15) is 18.7 Å². The Morgan fingerprint density at radius 3 is 2.14 bits per heavy atom. The van der Waals surface area contributed by atoms with Crippen molar-refractivity contribution in [3.05, 3.63) is 29.8 Å². The van der Waals surface area contributed by atoms with E-state index in [0.717, 1.165) is 0 Å². The fourth-order valence-electron chi connectivity index (χ4n) is 0.987. The van der Waals surface area contributed by atoms with Crippen molar-refractivity contribution in [1.82, 2.24) is 4.72 Å². The molecule has 1 aromatic rings. The first kappa shape index (κ1) is 10.9. The summed E-state index contributed by atoms with van der Waals surface area (Å²) in [5.74, 6) is -0.0848. The zero-order valence-corrected chi connectivity index (χ0v) is 8.76. The molecule has 0 heterocycles. The molecule has 0 atom stereocenters. The molecule has 0 aliphatic heterocycles. The normalized spacial score (nSPS) is 11.3. The lowest BCUT2D eigenvalue weighted by Crippen LogP contribution is -2.18. The maximum absolute atomic E-state index is 11.3. The zero-order valence-electron chi connectivity index (χ0n) is 7.94. The van der Waals surface area contributed by atoms with E-state index in [1.54, 1.807) is 0 Å². The molecule has 5 heteroatoms. The monoisotopic (exact) mass is 215 g/mol. The molecule has 0 saturated heterocycles. The highest BCUT2D eigenvalue weighted by atomic mass is 32.2. The van der Waals surface area contributed by atoms with Crippen LogP contribution in [0.4, 0.5) is 0 Å². The van der Waals surface area contributed by atoms with E-state index < -0.39 is 10.0 Å². The summed E-state index contributed by atoms with van der Waals surface area (Å²) >= 11 is 0. The Balaban J connectivity index is 0.00000196. The summed E-state index contributed by atoms with van der Waals surface area (Å²) in [7, 11) is -2.06. The lowest BCUT2D eigenvalue weighted by Gasteiger charge is -2.02. The van der Waals surface area contributed by atoms with Crippen molar-refractivity contribution in [3.63, 3.8) is 0 Å². The van der Waals surface area contributed by atoms with Crippen molar-refractivity contribution in [2.75, 3.05) is 7.05 Å². The van der Waals surface area contributed by atoms with E-state index in [0.29, 0.717) is 5.56 Å². The number of nitrogens with one attached hydrogen (secondary N) is 1. The topological polar surface area (TPSA) is 63.2 Å². The molecule has 1 aromatic carbocycles. The molecule has 0 aliphatic carbocycles. The van der Waals surface area contributed by atoms with E-state index in [4.69, 9.17) is 0 Å². The minimum absolute atomic E-state index is 0. The number of hydrogen-bond acceptors (Lipinski definition) is 3. The summed E-state index contributed by atoms with van der Waals surface area (Å²) in [4.78, 5) is 11.1. The van der Waals surface area contributed by atoms with Gasteiger partial charge in [0.1, 0.15) is 0 Å². The molecule has 0 radical (unpaired) electrons. The third-order valence-corrected chi connectivity index (χ3v) is 3.27. The van der Waals surface area contributed by atoms with E-state index in [9.17, 15) is 13.2 Å². The summed E-state index contributed by atoms with van der Waals surface area (Å²) in [6.45, 7) is 1.43. The average Bonchev–Trinajstić information content (AvgIpc) is 2.18. The quantitative estimate of drug-likeness (QED) is 0.766. The first-order valence-electron chi connectivity index (χ1n) is 4.02. The molecular formula is C9H13NO3S. The number of ketones is 1. The average molecular weight is 215 g/mol. The van der Waals surface area contributed by atoms with E-state index in [1.165, 1.54) is 38.2 Å². The van der Waals surface area contributed by atoms with Gasteiger partial charge in [-0.05, 0) is 26.1 Å². The van der Waals surface area contributed by atoms with Gasteiger partial charge in [-0.3, -0.25) is 4.79 Å². The number of Topliss-reactive ketones (excluding diaryl/α,β-unsaturated/α-hetero) is 1. The molecule has 0 spiro atoms. The molecule has 0 aliphatic rings. The maximum Gasteiger partial charge on any atom is 0.240 e. The van der Waals surface area contributed by atoms with Gasteiger partial charge in [-0.1, -0.05) is 12.1 Å². The van der Waals surface area contributed by atoms with Gasteiger partial charge in [0, 0.05) is 6.99 Å². The summed E-state index contributed by atoms with van der Waals surface area (Å²) in [5.41, 5.74) is 0.500. The van der Waals surface area contributed by atoms with Gasteiger partial charge in [0.15, 0.2) is 5.78 Å². The van der Waals surface area contributed by atoms with Crippen LogP contribution in [-0.4, -0.2) is 21.2 Å². The first-order valence-corrected chi connectivity index (χ1v) is 5.50. The second-order valence-corrected chi connectivity index (χ2v) is 4.67. The Morgan fingerprint density at radius 2 is 1.79 bits per heavy atom. The van der Waals surface area contributed by atoms with Gasteiger partial charge in [0.2, 0.25) is 10.0 Å². The van der Waals surface area contributed by atoms with Crippen LogP contribution in [0.3, 0.4) is 0 Å². The minimum atomic E-state index is -3.40. The molecule has 0 bridgehead atoms. The second kappa shape index (κ2) is 3.89. The molecule has 4 nitrogen and oxygen atoms in total. The largest absolute Gasteiger partial charge is 0.295 e. The van der Waals surface area contributed by atoms with Gasteiger partial charge in [-0.25, -0.2) is 13.1 Å². The van der Waals surface area contributed by atoms with Gasteiger partial charge in [0.25, 0.3) is 0 Å². The number of benzene rings is 1. The van der Waals surface area contributed by atoms with Gasteiger partial charge < -0.3 is 0 Å². The second-order valence-electron chi connectivity index (χ2n) is 2.79. The third-order valence-electron chi connectivity index (χ3n) is 1.84. The minimum Gasteiger partial charge on any atom is -0.295 e. The van der Waals surface area contributed by atoms with Crippen LogP contribution < -0.4 is 4.72 Å². The molecule has 14 heavy (non-hydrogen) atoms. The number of carbonyl (C=O) groups excluding carboxylic acids is 1. The molecule has 0 saturated carbocycles. The van der Waals surface area contributed by atoms with Crippen molar-refractivity contribution < 1.29 is 14.6 Å². The molecule has 1 N–H and O–H groups in total. The Hall–Kier alpha value is -1.20. The Bertz CT molecular complexity index is 439. The van der Waals surface area contributed by atoms with Crippen molar-refractivity contribution in [3.8, 4) is 0 Å². The van der Waals surface area contributed by atoms with E-state index >= 15 is 0 Å². The van der Waals surface area contributed by atoms with E-state index in [1.807, 2.05) is 0 Å². The molecule has 0 amide bonds. The summed E-state index contributed by atoms with van der Waals surface area (Å²) < 4.78 is 24.8. The summed E-state index contributed by atoms with van der Waals surface area (Å²) in [5, 5.41) is 0. The standard InChI is InChI=1S/C9H11NO3S.H2/c1-7(11)8-3-5-9(6-4-8)14(12,13)10-2;/h3-6,10H,1-2H3;1H. The molecule has 0 unspecified atom stereocenters. The number of sulfonamides is 1. The zero-order chi connectivity index (χ0) is 10.8. The van der Waals surface area contributed by atoms with Crippen LogP contribution in [0.5, 0.6) is 0 Å². The number of carbonyl (C=O) groups is 1. The number of rotatable bonds is 3. The van der Waals surface area contributed by atoms with Gasteiger partial charge in [-0.15, -0.1) is 0 Å². The van der Waals surface area contributed by atoms with Crippen LogP contribution in [0, 0.1) is 0 Å². The summed E-state index contributed by atoms with van der Waals surface area (Å²) in [6.07, 6.45) is 0. The Labute approximate surface area is 84.5 Å². The van der Waals surface area contributed by atoms with Crippen LogP contribution in [0.15, 0.2) is 29.2 Å². The lowest BCUT2D eigenvalue weighted by molar-refractivity contribution is 0.101. The fourth-order valence-corrected chi connectivity index (χ4v) is 1.72. The molecule has 0 fully saturated rings. The van der Waals surface area contributed by atoms with Crippen LogP contribution in [-0.2, 0) is 10.0 Å². The molecular weight excluding hydrogens is 202 g/mol. The highest BCUT2D eigenvalue weighted by Gasteiger charge is 2.10. The molecule has 78 valence electrons. The molecule has 0 aromatic heterocycles. The van der Waals surface area contributed by atoms with Gasteiger partial charge in [-0.2, -0.15) is 0 Å². The van der Waals surface area contributed by atoms with Crippen molar-refractivity contribution in [1.29, 1.82) is 0 Å². The van der Waals surface area contributed by atoms with Gasteiger partial charge in [0.05, 0.1) is 4.90 Å². The third kappa shape index (κ3) is 2.18. The number of hydrogen-bond donors (Lipinski definition) is 1. The molecule has 1 rings (SSSR count). The van der Waals surface area contributed by atoms with Crippen molar-refractivity contribution >= 4 is 15.8 Å².